The van der Waals surface area contributed by atoms with Crippen LogP contribution in [0.4, 0.5) is 11.5 Å². The smallest absolute Gasteiger partial charge is 0.335 e. The Kier molecular flexibility index (Phi) is 4.05. The van der Waals surface area contributed by atoms with Gasteiger partial charge in [0, 0.05) is 12.7 Å². The lowest BCUT2D eigenvalue weighted by Crippen LogP contribution is -2.13. The summed E-state index contributed by atoms with van der Waals surface area (Å²) in [6.07, 6.45) is 1.45. The number of carboxylic acid groups (broad SMARTS) is 1. The van der Waals surface area contributed by atoms with Crippen molar-refractivity contribution in [2.24, 2.45) is 0 Å². The molecule has 0 atom stereocenters. The summed E-state index contributed by atoms with van der Waals surface area (Å²) in [5, 5.41) is 9.24. The highest BCUT2D eigenvalue weighted by Gasteiger charge is 2.13. The fourth-order valence-electron chi connectivity index (χ4n) is 1.63. The van der Waals surface area contributed by atoms with Crippen molar-refractivity contribution in [3.8, 4) is 6.01 Å². The van der Waals surface area contributed by atoms with E-state index in [1.54, 1.807) is 24.1 Å². The predicted octanol–water partition coefficient (Wildman–Crippen LogP) is 2.60. The molecule has 0 saturated heterocycles. The van der Waals surface area contributed by atoms with Crippen molar-refractivity contribution in [1.82, 2.24) is 9.97 Å². The van der Waals surface area contributed by atoms with Crippen LogP contribution in [0.3, 0.4) is 0 Å². The number of carbonyl (C=O) groups is 1. The summed E-state index contributed by atoms with van der Waals surface area (Å²) in [5.74, 6) is -0.498. The number of nitrogens with zero attached hydrogens (tertiary/aromatic N) is 3. The predicted molar refractivity (Wildman–Crippen MR) is 75.1 cm³/mol. The molecule has 0 aliphatic rings. The fraction of sp³-hybridized carbons (Fsp3) is 0.154. The molecule has 0 bridgehead atoms. The van der Waals surface area contributed by atoms with Crippen molar-refractivity contribution in [2.75, 3.05) is 19.1 Å². The first-order valence-electron chi connectivity index (χ1n) is 5.66. The van der Waals surface area contributed by atoms with Gasteiger partial charge in [-0.3, -0.25) is 0 Å². The van der Waals surface area contributed by atoms with Crippen LogP contribution in [0.1, 0.15) is 10.4 Å². The van der Waals surface area contributed by atoms with Crippen LogP contribution < -0.4 is 9.64 Å². The number of aromatic nitrogens is 2. The van der Waals surface area contributed by atoms with E-state index in [0.717, 1.165) is 5.69 Å². The Morgan fingerprint density at radius 3 is 2.55 bits per heavy atom. The van der Waals surface area contributed by atoms with Crippen molar-refractivity contribution >= 4 is 29.1 Å². The number of carboxylic acids is 1. The molecule has 104 valence electrons. The van der Waals surface area contributed by atoms with Gasteiger partial charge in [0.1, 0.15) is 5.02 Å². The van der Waals surface area contributed by atoms with E-state index < -0.39 is 5.97 Å². The van der Waals surface area contributed by atoms with E-state index >= 15 is 0 Å². The van der Waals surface area contributed by atoms with Gasteiger partial charge in [0.2, 0.25) is 0 Å². The summed E-state index contributed by atoms with van der Waals surface area (Å²) in [6, 6.07) is 6.59. The van der Waals surface area contributed by atoms with E-state index in [-0.39, 0.29) is 11.6 Å². The maximum Gasteiger partial charge on any atom is 0.335 e. The van der Waals surface area contributed by atoms with Gasteiger partial charge in [-0.25, -0.2) is 9.78 Å². The molecule has 1 heterocycles. The van der Waals surface area contributed by atoms with Gasteiger partial charge in [-0.15, -0.1) is 0 Å². The summed E-state index contributed by atoms with van der Waals surface area (Å²) in [4.78, 5) is 20.6. The Morgan fingerprint density at radius 1 is 1.35 bits per heavy atom. The van der Waals surface area contributed by atoms with Crippen molar-refractivity contribution in [3.63, 3.8) is 0 Å². The minimum Gasteiger partial charge on any atom is -0.478 e. The zero-order chi connectivity index (χ0) is 14.7. The molecule has 0 radical (unpaired) electrons. The topological polar surface area (TPSA) is 75.5 Å². The standard InChI is InChI=1S/C13H12ClN3O3/c1-17(9-5-3-8(4-6-9)12(18)19)11-10(14)7-15-13(16-11)20-2/h3-7H,1-2H3,(H,18,19). The first-order chi connectivity index (χ1) is 9.52. The van der Waals surface area contributed by atoms with Crippen LogP contribution in [-0.2, 0) is 0 Å². The molecule has 1 N–H and O–H groups in total. The molecule has 2 aromatic rings. The minimum atomic E-state index is -0.971. The van der Waals surface area contributed by atoms with Crippen LogP contribution >= 0.6 is 11.6 Å². The molecule has 0 spiro atoms. The number of rotatable bonds is 4. The normalized spacial score (nSPS) is 10.2. The summed E-state index contributed by atoms with van der Waals surface area (Å²) < 4.78 is 4.96. The number of hydrogen-bond acceptors (Lipinski definition) is 5. The Hall–Kier alpha value is -2.34. The average molecular weight is 294 g/mol. The second-order valence-corrected chi connectivity index (χ2v) is 4.35. The van der Waals surface area contributed by atoms with Gasteiger partial charge in [0.05, 0.1) is 18.9 Å². The molecule has 0 amide bonds. The van der Waals surface area contributed by atoms with E-state index in [4.69, 9.17) is 21.4 Å². The lowest BCUT2D eigenvalue weighted by Gasteiger charge is -2.19. The van der Waals surface area contributed by atoms with Crippen LogP contribution in [0.2, 0.25) is 5.02 Å². The molecule has 0 aliphatic heterocycles. The lowest BCUT2D eigenvalue weighted by molar-refractivity contribution is 0.0697. The zero-order valence-corrected chi connectivity index (χ0v) is 11.6. The second-order valence-electron chi connectivity index (χ2n) is 3.94. The van der Waals surface area contributed by atoms with Crippen LogP contribution in [0.5, 0.6) is 6.01 Å². The SMILES string of the molecule is COc1ncc(Cl)c(N(C)c2ccc(C(=O)O)cc2)n1. The molecule has 20 heavy (non-hydrogen) atoms. The quantitative estimate of drug-likeness (QED) is 0.934. The van der Waals surface area contributed by atoms with E-state index in [1.807, 2.05) is 0 Å². The highest BCUT2D eigenvalue weighted by molar-refractivity contribution is 6.32. The van der Waals surface area contributed by atoms with Crippen LogP contribution in [0.15, 0.2) is 30.5 Å². The highest BCUT2D eigenvalue weighted by Crippen LogP contribution is 2.29. The lowest BCUT2D eigenvalue weighted by atomic mass is 10.2. The number of halogens is 1. The van der Waals surface area contributed by atoms with Gasteiger partial charge in [-0.1, -0.05) is 11.6 Å². The summed E-state index contributed by atoms with van der Waals surface area (Å²) in [5.41, 5.74) is 0.964. The molecular formula is C13H12ClN3O3. The number of hydrogen-bond donors (Lipinski definition) is 1. The third-order valence-electron chi connectivity index (χ3n) is 2.71. The number of aromatic carboxylic acids is 1. The Morgan fingerprint density at radius 2 is 2.00 bits per heavy atom. The number of benzene rings is 1. The summed E-state index contributed by atoms with van der Waals surface area (Å²) in [6.45, 7) is 0. The van der Waals surface area contributed by atoms with Crippen molar-refractivity contribution < 1.29 is 14.6 Å². The van der Waals surface area contributed by atoms with Gasteiger partial charge < -0.3 is 14.7 Å². The maximum absolute atomic E-state index is 10.8. The highest BCUT2D eigenvalue weighted by atomic mass is 35.5. The molecule has 2 rings (SSSR count). The maximum atomic E-state index is 10.8. The van der Waals surface area contributed by atoms with E-state index in [1.165, 1.54) is 25.4 Å². The molecule has 0 aliphatic carbocycles. The first-order valence-corrected chi connectivity index (χ1v) is 6.04. The molecule has 6 nitrogen and oxygen atoms in total. The Labute approximate surface area is 120 Å². The first kappa shape index (κ1) is 14.1. The molecular weight excluding hydrogens is 282 g/mol. The van der Waals surface area contributed by atoms with E-state index in [9.17, 15) is 4.79 Å². The minimum absolute atomic E-state index is 0.207. The van der Waals surface area contributed by atoms with Gasteiger partial charge in [0.25, 0.3) is 0 Å². The average Bonchev–Trinajstić information content (AvgIpc) is 2.47. The van der Waals surface area contributed by atoms with Gasteiger partial charge >= 0.3 is 12.0 Å². The van der Waals surface area contributed by atoms with E-state index in [0.29, 0.717) is 10.8 Å². The van der Waals surface area contributed by atoms with Gasteiger partial charge in [0.15, 0.2) is 5.82 Å². The molecule has 0 unspecified atom stereocenters. The van der Waals surface area contributed by atoms with Crippen LogP contribution in [-0.4, -0.2) is 35.2 Å². The summed E-state index contributed by atoms with van der Waals surface area (Å²) in [7, 11) is 3.23. The molecule has 0 fully saturated rings. The number of ether oxygens (including phenoxy) is 1. The zero-order valence-electron chi connectivity index (χ0n) is 10.9. The third-order valence-corrected chi connectivity index (χ3v) is 2.97. The molecule has 1 aromatic heterocycles. The van der Waals surface area contributed by atoms with Crippen molar-refractivity contribution in [2.45, 2.75) is 0 Å². The molecule has 1 aromatic carbocycles. The van der Waals surface area contributed by atoms with Crippen LogP contribution in [0, 0.1) is 0 Å². The number of anilines is 2. The van der Waals surface area contributed by atoms with Crippen LogP contribution in [0.25, 0.3) is 0 Å². The van der Waals surface area contributed by atoms with Crippen molar-refractivity contribution in [1.29, 1.82) is 0 Å². The molecule has 7 heteroatoms. The fourth-order valence-corrected chi connectivity index (χ4v) is 1.84. The van der Waals surface area contributed by atoms with Gasteiger partial charge in [-0.05, 0) is 24.3 Å². The largest absolute Gasteiger partial charge is 0.478 e. The monoisotopic (exact) mass is 293 g/mol. The Bertz CT molecular complexity index is 631. The van der Waals surface area contributed by atoms with Crippen molar-refractivity contribution in [3.05, 3.63) is 41.0 Å². The second kappa shape index (κ2) is 5.75. The Balaban J connectivity index is 2.35. The van der Waals surface area contributed by atoms with E-state index in [2.05, 4.69) is 9.97 Å². The number of methoxy groups -OCH3 is 1. The van der Waals surface area contributed by atoms with Gasteiger partial charge in [-0.2, -0.15) is 4.98 Å². The summed E-state index contributed by atoms with van der Waals surface area (Å²) >= 11 is 6.06. The third kappa shape index (κ3) is 2.80. The molecule has 0 saturated carbocycles.